The maximum atomic E-state index is 12.2. The zero-order valence-electron chi connectivity index (χ0n) is 15.0. The fourth-order valence-corrected chi connectivity index (χ4v) is 2.69. The van der Waals surface area contributed by atoms with Gasteiger partial charge in [0.25, 0.3) is 0 Å². The van der Waals surface area contributed by atoms with E-state index in [0.29, 0.717) is 24.5 Å². The summed E-state index contributed by atoms with van der Waals surface area (Å²) in [6.45, 7) is 6.69. The first kappa shape index (κ1) is 18.8. The summed E-state index contributed by atoms with van der Waals surface area (Å²) >= 11 is 0. The average Bonchev–Trinajstić information content (AvgIpc) is 2.53. The number of nitrogens with one attached hydrogen (secondary N) is 2. The van der Waals surface area contributed by atoms with Crippen LogP contribution in [-0.2, 0) is 4.74 Å². The van der Waals surface area contributed by atoms with E-state index < -0.39 is 10.5 Å². The molecule has 1 aliphatic heterocycles. The van der Waals surface area contributed by atoms with Gasteiger partial charge in [0.2, 0.25) is 0 Å². The lowest BCUT2D eigenvalue weighted by atomic mass is 10.1. The molecule has 0 aliphatic carbocycles. The SMILES string of the molecule is CNc1cc(N[C@@H]2CCCN(C(=O)OC(C)(C)C)C2)cnc1[N+](=O)[O-]. The Hall–Kier alpha value is -2.58. The van der Waals surface area contributed by atoms with Crippen molar-refractivity contribution in [3.63, 3.8) is 0 Å². The highest BCUT2D eigenvalue weighted by atomic mass is 16.6. The van der Waals surface area contributed by atoms with E-state index in [2.05, 4.69) is 15.6 Å². The summed E-state index contributed by atoms with van der Waals surface area (Å²) in [5.41, 5.74) is 0.488. The van der Waals surface area contributed by atoms with Gasteiger partial charge in [-0.1, -0.05) is 0 Å². The number of aromatic nitrogens is 1. The third kappa shape index (κ3) is 5.20. The summed E-state index contributed by atoms with van der Waals surface area (Å²) in [6, 6.07) is 1.69. The van der Waals surface area contributed by atoms with Gasteiger partial charge >= 0.3 is 11.9 Å². The van der Waals surface area contributed by atoms with Gasteiger partial charge in [0.15, 0.2) is 6.20 Å². The topological polar surface area (TPSA) is 110 Å². The molecule has 0 spiro atoms. The number of carbonyl (C=O) groups is 1. The van der Waals surface area contributed by atoms with Crippen LogP contribution in [-0.4, -0.2) is 52.7 Å². The molecule has 1 aromatic heterocycles. The molecule has 138 valence electrons. The van der Waals surface area contributed by atoms with E-state index in [4.69, 9.17) is 4.74 Å². The van der Waals surface area contributed by atoms with E-state index in [9.17, 15) is 14.9 Å². The Balaban J connectivity index is 2.03. The molecular formula is C16H25N5O4. The highest BCUT2D eigenvalue weighted by molar-refractivity contribution is 5.68. The minimum absolute atomic E-state index is 0.0363. The van der Waals surface area contributed by atoms with E-state index in [-0.39, 0.29) is 18.0 Å². The molecule has 9 heteroatoms. The second-order valence-electron chi connectivity index (χ2n) is 7.01. The van der Waals surface area contributed by atoms with Gasteiger partial charge in [-0.05, 0) is 49.6 Å². The summed E-state index contributed by atoms with van der Waals surface area (Å²) in [6.07, 6.45) is 2.86. The van der Waals surface area contributed by atoms with Crippen LogP contribution in [0.1, 0.15) is 33.6 Å². The van der Waals surface area contributed by atoms with Crippen LogP contribution in [0.15, 0.2) is 12.3 Å². The van der Waals surface area contributed by atoms with Crippen molar-refractivity contribution in [3.8, 4) is 0 Å². The maximum absolute atomic E-state index is 12.2. The van der Waals surface area contributed by atoms with Crippen LogP contribution >= 0.6 is 0 Å². The number of anilines is 2. The molecule has 0 aromatic carbocycles. The quantitative estimate of drug-likeness (QED) is 0.634. The second kappa shape index (κ2) is 7.54. The van der Waals surface area contributed by atoms with E-state index in [0.717, 1.165) is 12.8 Å². The second-order valence-corrected chi connectivity index (χ2v) is 7.01. The molecule has 0 radical (unpaired) electrons. The molecule has 1 aromatic rings. The van der Waals surface area contributed by atoms with Crippen molar-refractivity contribution in [2.45, 2.75) is 45.3 Å². The standard InChI is InChI=1S/C16H25N5O4/c1-16(2,3)25-15(22)20-7-5-6-11(10-20)19-12-8-13(17-4)14(18-9-12)21(23)24/h8-9,11,17,19H,5-7,10H2,1-4H3/t11-/m1/s1. The van der Waals surface area contributed by atoms with Crippen molar-refractivity contribution in [1.82, 2.24) is 9.88 Å². The minimum atomic E-state index is -0.527. The van der Waals surface area contributed by atoms with Crippen LogP contribution in [0.2, 0.25) is 0 Å². The van der Waals surface area contributed by atoms with E-state index in [1.165, 1.54) is 6.20 Å². The number of carbonyl (C=O) groups excluding carboxylic acids is 1. The normalized spacial score (nSPS) is 17.8. The first-order valence-electron chi connectivity index (χ1n) is 8.26. The maximum Gasteiger partial charge on any atom is 0.410 e. The molecule has 1 fully saturated rings. The van der Waals surface area contributed by atoms with Gasteiger partial charge in [0.05, 0.1) is 5.69 Å². The van der Waals surface area contributed by atoms with Crippen LogP contribution in [0.5, 0.6) is 0 Å². The number of hydrogen-bond acceptors (Lipinski definition) is 7. The Morgan fingerprint density at radius 3 is 2.80 bits per heavy atom. The number of hydrogen-bond donors (Lipinski definition) is 2. The Kier molecular flexibility index (Phi) is 5.66. The number of pyridine rings is 1. The van der Waals surface area contributed by atoms with Gasteiger partial charge in [0.1, 0.15) is 11.3 Å². The molecule has 2 N–H and O–H groups in total. The molecular weight excluding hydrogens is 326 g/mol. The highest BCUT2D eigenvalue weighted by Gasteiger charge is 2.28. The zero-order chi connectivity index (χ0) is 18.6. The largest absolute Gasteiger partial charge is 0.444 e. The Morgan fingerprint density at radius 2 is 2.20 bits per heavy atom. The average molecular weight is 351 g/mol. The van der Waals surface area contributed by atoms with Crippen molar-refractivity contribution in [3.05, 3.63) is 22.4 Å². The summed E-state index contributed by atoms with van der Waals surface area (Å²) in [5.74, 6) is -0.216. The van der Waals surface area contributed by atoms with Crippen LogP contribution in [0.25, 0.3) is 0 Å². The lowest BCUT2D eigenvalue weighted by Crippen LogP contribution is -2.47. The predicted octanol–water partition coefficient (Wildman–Crippen LogP) is 2.84. The number of ether oxygens (including phenoxy) is 1. The first-order chi connectivity index (χ1) is 11.7. The van der Waals surface area contributed by atoms with Crippen LogP contribution in [0.3, 0.4) is 0 Å². The lowest BCUT2D eigenvalue weighted by Gasteiger charge is -2.34. The van der Waals surface area contributed by atoms with Crippen molar-refractivity contribution in [2.75, 3.05) is 30.8 Å². The fraction of sp³-hybridized carbons (Fsp3) is 0.625. The first-order valence-corrected chi connectivity index (χ1v) is 8.26. The Morgan fingerprint density at radius 1 is 1.48 bits per heavy atom. The van der Waals surface area contributed by atoms with Crippen LogP contribution in [0.4, 0.5) is 22.0 Å². The summed E-state index contributed by atoms with van der Waals surface area (Å²) in [7, 11) is 1.61. The summed E-state index contributed by atoms with van der Waals surface area (Å²) < 4.78 is 5.42. The summed E-state index contributed by atoms with van der Waals surface area (Å²) in [5, 5.41) is 17.0. The number of piperidine rings is 1. The minimum Gasteiger partial charge on any atom is -0.444 e. The van der Waals surface area contributed by atoms with Crippen LogP contribution in [0, 0.1) is 10.1 Å². The number of nitrogens with zero attached hydrogens (tertiary/aromatic N) is 3. The van der Waals surface area contributed by atoms with Crippen LogP contribution < -0.4 is 10.6 Å². The van der Waals surface area contributed by atoms with Gasteiger partial charge in [-0.2, -0.15) is 0 Å². The number of amides is 1. The van der Waals surface area contributed by atoms with Crippen molar-refractivity contribution in [1.29, 1.82) is 0 Å². The van der Waals surface area contributed by atoms with E-state index in [1.807, 2.05) is 20.8 Å². The third-order valence-corrected chi connectivity index (χ3v) is 3.75. The highest BCUT2D eigenvalue weighted by Crippen LogP contribution is 2.26. The van der Waals surface area contributed by atoms with Crippen molar-refractivity contribution >= 4 is 23.3 Å². The Labute approximate surface area is 146 Å². The number of nitro groups is 1. The van der Waals surface area contributed by atoms with Crippen molar-refractivity contribution < 1.29 is 14.5 Å². The molecule has 9 nitrogen and oxygen atoms in total. The van der Waals surface area contributed by atoms with Gasteiger partial charge in [-0.25, -0.2) is 4.79 Å². The molecule has 2 rings (SSSR count). The number of rotatable bonds is 4. The lowest BCUT2D eigenvalue weighted by molar-refractivity contribution is -0.388. The monoisotopic (exact) mass is 351 g/mol. The molecule has 0 saturated carbocycles. The number of likely N-dealkylation sites (tertiary alicyclic amines) is 1. The van der Waals surface area contributed by atoms with Gasteiger partial charge in [-0.3, -0.25) is 0 Å². The van der Waals surface area contributed by atoms with Gasteiger partial charge in [-0.15, -0.1) is 0 Å². The van der Waals surface area contributed by atoms with Crippen molar-refractivity contribution in [2.24, 2.45) is 0 Å². The third-order valence-electron chi connectivity index (χ3n) is 3.75. The predicted molar refractivity (Wildman–Crippen MR) is 94.9 cm³/mol. The molecule has 0 unspecified atom stereocenters. The smallest absolute Gasteiger partial charge is 0.410 e. The molecule has 1 aliphatic rings. The fourth-order valence-electron chi connectivity index (χ4n) is 2.69. The molecule has 25 heavy (non-hydrogen) atoms. The Bertz CT molecular complexity index is 644. The van der Waals surface area contributed by atoms with Gasteiger partial charge < -0.3 is 30.4 Å². The zero-order valence-corrected chi connectivity index (χ0v) is 15.0. The molecule has 1 amide bonds. The van der Waals surface area contributed by atoms with Gasteiger partial charge in [0, 0.05) is 26.2 Å². The molecule has 0 bridgehead atoms. The molecule has 2 heterocycles. The molecule has 1 atom stereocenters. The summed E-state index contributed by atoms with van der Waals surface area (Å²) in [4.78, 5) is 28.2. The van der Waals surface area contributed by atoms with E-state index in [1.54, 1.807) is 18.0 Å². The van der Waals surface area contributed by atoms with E-state index >= 15 is 0 Å². The molecule has 1 saturated heterocycles.